The van der Waals surface area contributed by atoms with Crippen LogP contribution < -0.4 is 0 Å². The van der Waals surface area contributed by atoms with Crippen LogP contribution in [-0.4, -0.2) is 25.2 Å². The second-order valence-corrected chi connectivity index (χ2v) is 6.25. The van der Waals surface area contributed by atoms with Crippen LogP contribution in [0.1, 0.15) is 40.5 Å². The quantitative estimate of drug-likeness (QED) is 0.555. The lowest BCUT2D eigenvalue weighted by Gasteiger charge is -2.23. The van der Waals surface area contributed by atoms with Gasteiger partial charge in [0.05, 0.1) is 25.0 Å². The summed E-state index contributed by atoms with van der Waals surface area (Å²) in [6.45, 7) is 8.85. The summed E-state index contributed by atoms with van der Waals surface area (Å²) in [6, 6.07) is 0. The van der Waals surface area contributed by atoms with Gasteiger partial charge in [-0.25, -0.2) is 0 Å². The molecule has 0 aromatic carbocycles. The van der Waals surface area contributed by atoms with Crippen molar-refractivity contribution in [3.05, 3.63) is 12.2 Å². The molecule has 4 heteroatoms. The summed E-state index contributed by atoms with van der Waals surface area (Å²) in [5.41, 5.74) is 0. The number of hydrogen-bond donors (Lipinski definition) is 0. The van der Waals surface area contributed by atoms with Crippen molar-refractivity contribution >= 4 is 11.9 Å². The standard InChI is InChI=1S/C16H26O4/c1-11(2)9-19-15(17)13-6-5-7-14(8-13)16(18)20-10-12(3)4/h5-6,11-14H,7-10H2,1-4H3. The molecule has 0 bridgehead atoms. The molecule has 0 radical (unpaired) electrons. The molecule has 114 valence electrons. The van der Waals surface area contributed by atoms with Gasteiger partial charge in [-0.1, -0.05) is 39.8 Å². The number of ether oxygens (including phenoxy) is 2. The molecular weight excluding hydrogens is 256 g/mol. The molecule has 0 fully saturated rings. The lowest BCUT2D eigenvalue weighted by molar-refractivity contribution is -0.153. The van der Waals surface area contributed by atoms with Gasteiger partial charge in [0.15, 0.2) is 0 Å². The average molecular weight is 282 g/mol. The van der Waals surface area contributed by atoms with Crippen molar-refractivity contribution < 1.29 is 19.1 Å². The Kier molecular flexibility index (Phi) is 6.76. The molecule has 1 rings (SSSR count). The fourth-order valence-electron chi connectivity index (χ4n) is 1.98. The zero-order valence-corrected chi connectivity index (χ0v) is 12.9. The largest absolute Gasteiger partial charge is 0.465 e. The van der Waals surface area contributed by atoms with E-state index in [1.807, 2.05) is 39.8 Å². The monoisotopic (exact) mass is 282 g/mol. The lowest BCUT2D eigenvalue weighted by Crippen LogP contribution is -2.28. The maximum absolute atomic E-state index is 11.9. The van der Waals surface area contributed by atoms with E-state index < -0.39 is 0 Å². The summed E-state index contributed by atoms with van der Waals surface area (Å²) in [4.78, 5) is 23.8. The van der Waals surface area contributed by atoms with Crippen LogP contribution in [0.15, 0.2) is 12.2 Å². The third kappa shape index (κ3) is 5.76. The summed E-state index contributed by atoms with van der Waals surface area (Å²) >= 11 is 0. The zero-order valence-electron chi connectivity index (χ0n) is 12.9. The van der Waals surface area contributed by atoms with Gasteiger partial charge in [0, 0.05) is 0 Å². The highest BCUT2D eigenvalue weighted by atomic mass is 16.5. The summed E-state index contributed by atoms with van der Waals surface area (Å²) in [5, 5.41) is 0. The second-order valence-electron chi connectivity index (χ2n) is 6.25. The molecule has 0 N–H and O–H groups in total. The van der Waals surface area contributed by atoms with Gasteiger partial charge in [0.25, 0.3) is 0 Å². The van der Waals surface area contributed by atoms with Gasteiger partial charge in [0.2, 0.25) is 0 Å². The predicted molar refractivity (Wildman–Crippen MR) is 76.9 cm³/mol. The van der Waals surface area contributed by atoms with E-state index in [1.54, 1.807) is 0 Å². The van der Waals surface area contributed by atoms with Crippen molar-refractivity contribution in [2.75, 3.05) is 13.2 Å². The molecular formula is C16H26O4. The molecule has 0 amide bonds. The topological polar surface area (TPSA) is 52.6 Å². The Morgan fingerprint density at radius 2 is 1.60 bits per heavy atom. The Hall–Kier alpha value is -1.32. The van der Waals surface area contributed by atoms with Crippen LogP contribution in [0.25, 0.3) is 0 Å². The maximum atomic E-state index is 11.9. The molecule has 1 aliphatic carbocycles. The van der Waals surface area contributed by atoms with Crippen molar-refractivity contribution in [3.8, 4) is 0 Å². The minimum absolute atomic E-state index is 0.204. The Bertz CT molecular complexity index is 357. The van der Waals surface area contributed by atoms with E-state index in [4.69, 9.17) is 9.47 Å². The molecule has 2 atom stereocenters. The number of carbonyl (C=O) groups is 2. The molecule has 4 nitrogen and oxygen atoms in total. The van der Waals surface area contributed by atoms with E-state index in [2.05, 4.69) is 0 Å². The molecule has 0 aromatic rings. The third-order valence-electron chi connectivity index (χ3n) is 3.08. The molecule has 0 saturated heterocycles. The number of esters is 2. The summed E-state index contributed by atoms with van der Waals surface area (Å²) in [5.74, 6) is -0.348. The highest BCUT2D eigenvalue weighted by Gasteiger charge is 2.30. The lowest BCUT2D eigenvalue weighted by atomic mass is 9.86. The first-order chi connectivity index (χ1) is 9.40. The van der Waals surface area contributed by atoms with Crippen molar-refractivity contribution in [3.63, 3.8) is 0 Å². The van der Waals surface area contributed by atoms with Crippen LogP contribution in [0, 0.1) is 23.7 Å². The Balaban J connectivity index is 2.45. The van der Waals surface area contributed by atoms with E-state index in [0.717, 1.165) is 0 Å². The SMILES string of the molecule is CC(C)COC(=O)C1C=CCC(C(=O)OCC(C)C)C1. The van der Waals surface area contributed by atoms with Crippen molar-refractivity contribution in [1.29, 1.82) is 0 Å². The Morgan fingerprint density at radius 1 is 1.05 bits per heavy atom. The zero-order chi connectivity index (χ0) is 15.1. The van der Waals surface area contributed by atoms with Crippen LogP contribution in [0.4, 0.5) is 0 Å². The molecule has 0 aromatic heterocycles. The first-order valence-corrected chi connectivity index (χ1v) is 7.40. The van der Waals surface area contributed by atoms with E-state index >= 15 is 0 Å². The smallest absolute Gasteiger partial charge is 0.312 e. The normalized spacial score (nSPS) is 22.1. The van der Waals surface area contributed by atoms with Crippen molar-refractivity contribution in [2.45, 2.75) is 40.5 Å². The fourth-order valence-corrected chi connectivity index (χ4v) is 1.98. The highest BCUT2D eigenvalue weighted by Crippen LogP contribution is 2.26. The van der Waals surface area contributed by atoms with Gasteiger partial charge in [-0.2, -0.15) is 0 Å². The molecule has 0 aliphatic heterocycles. The molecule has 0 saturated carbocycles. The van der Waals surface area contributed by atoms with Gasteiger partial charge in [0.1, 0.15) is 0 Å². The van der Waals surface area contributed by atoms with Gasteiger partial charge in [-0.15, -0.1) is 0 Å². The second kappa shape index (κ2) is 8.08. The maximum Gasteiger partial charge on any atom is 0.312 e. The van der Waals surface area contributed by atoms with Gasteiger partial charge in [-0.05, 0) is 24.7 Å². The average Bonchev–Trinajstić information content (AvgIpc) is 2.42. The van der Waals surface area contributed by atoms with Crippen LogP contribution in [0.5, 0.6) is 0 Å². The Labute approximate surface area is 121 Å². The van der Waals surface area contributed by atoms with E-state index in [1.165, 1.54) is 0 Å². The predicted octanol–water partition coefficient (Wildman–Crippen LogP) is 2.97. The summed E-state index contributed by atoms with van der Waals surface area (Å²) in [6.07, 6.45) is 4.86. The van der Waals surface area contributed by atoms with Gasteiger partial charge in [-0.3, -0.25) is 9.59 Å². The number of carbonyl (C=O) groups excluding carboxylic acids is 2. The molecule has 0 heterocycles. The number of allylic oxidation sites excluding steroid dienone is 1. The minimum atomic E-state index is -0.320. The summed E-state index contributed by atoms with van der Waals surface area (Å²) < 4.78 is 10.5. The van der Waals surface area contributed by atoms with Gasteiger partial charge >= 0.3 is 11.9 Å². The van der Waals surface area contributed by atoms with Crippen molar-refractivity contribution in [2.24, 2.45) is 23.7 Å². The van der Waals surface area contributed by atoms with Crippen LogP contribution in [-0.2, 0) is 19.1 Å². The minimum Gasteiger partial charge on any atom is -0.465 e. The first kappa shape index (κ1) is 16.7. The third-order valence-corrected chi connectivity index (χ3v) is 3.08. The summed E-state index contributed by atoms with van der Waals surface area (Å²) in [7, 11) is 0. The molecule has 0 spiro atoms. The molecule has 2 unspecified atom stereocenters. The Morgan fingerprint density at radius 3 is 2.15 bits per heavy atom. The molecule has 1 aliphatic rings. The molecule has 20 heavy (non-hydrogen) atoms. The van der Waals surface area contributed by atoms with E-state index in [9.17, 15) is 9.59 Å². The fraction of sp³-hybridized carbons (Fsp3) is 0.750. The van der Waals surface area contributed by atoms with E-state index in [-0.39, 0.29) is 23.8 Å². The first-order valence-electron chi connectivity index (χ1n) is 7.40. The van der Waals surface area contributed by atoms with Crippen molar-refractivity contribution in [1.82, 2.24) is 0 Å². The van der Waals surface area contributed by atoms with E-state index in [0.29, 0.717) is 37.9 Å². The number of rotatable bonds is 6. The van der Waals surface area contributed by atoms with Crippen LogP contribution >= 0.6 is 0 Å². The highest BCUT2D eigenvalue weighted by molar-refractivity contribution is 5.78. The van der Waals surface area contributed by atoms with Crippen LogP contribution in [0.2, 0.25) is 0 Å². The van der Waals surface area contributed by atoms with Gasteiger partial charge < -0.3 is 9.47 Å². The van der Waals surface area contributed by atoms with Crippen LogP contribution in [0.3, 0.4) is 0 Å². The number of hydrogen-bond acceptors (Lipinski definition) is 4.